The molecule has 48 heavy (non-hydrogen) atoms. The van der Waals surface area contributed by atoms with Crippen molar-refractivity contribution < 1.29 is 19.4 Å². The van der Waals surface area contributed by atoms with E-state index in [0.717, 1.165) is 4.57 Å². The van der Waals surface area contributed by atoms with Gasteiger partial charge in [0.1, 0.15) is 11.5 Å². The number of phenolic OH excluding ortho intramolecular Hbond substituents is 1. The van der Waals surface area contributed by atoms with E-state index >= 15 is 4.79 Å². The van der Waals surface area contributed by atoms with E-state index in [0.29, 0.717) is 38.8 Å². The second kappa shape index (κ2) is 11.0. The van der Waals surface area contributed by atoms with Crippen LogP contribution in [0.3, 0.4) is 0 Å². The Bertz CT molecular complexity index is 2270. The van der Waals surface area contributed by atoms with Crippen molar-refractivity contribution in [3.05, 3.63) is 152 Å². The number of ether oxygens (including phenoxy) is 1. The molecule has 1 N–H and O–H groups in total. The van der Waals surface area contributed by atoms with Crippen LogP contribution in [-0.2, 0) is 21.5 Å². The summed E-state index contributed by atoms with van der Waals surface area (Å²) in [5.41, 5.74) is 0.0918. The minimum Gasteiger partial charge on any atom is -0.508 e. The molecule has 5 aromatic rings. The van der Waals surface area contributed by atoms with Gasteiger partial charge < -0.3 is 9.84 Å². The number of fused-ring (bicyclic) bond motifs is 4. The maximum atomic E-state index is 15.3. The molecule has 1 aromatic heterocycles. The van der Waals surface area contributed by atoms with Gasteiger partial charge in [0.25, 0.3) is 0 Å². The van der Waals surface area contributed by atoms with E-state index in [4.69, 9.17) is 16.3 Å². The fourth-order valence-corrected chi connectivity index (χ4v) is 8.27. The number of nitrogens with zero attached hydrogens (tertiary/aromatic N) is 4. The number of para-hydroxylation sites is 1. The predicted octanol–water partition coefficient (Wildman–Crippen LogP) is 4.96. The van der Waals surface area contributed by atoms with Crippen molar-refractivity contribution in [2.45, 2.75) is 30.3 Å². The highest BCUT2D eigenvalue weighted by molar-refractivity contribution is 6.32. The van der Waals surface area contributed by atoms with Crippen LogP contribution >= 0.6 is 11.6 Å². The van der Waals surface area contributed by atoms with Crippen LogP contribution in [0.2, 0.25) is 5.02 Å². The standard InChI is InChI=1S/C37H29ClN4O6/c1-48-31-20-26(43)15-16-28(31)32-27-17-18-39-35(46)41(24-12-6-3-7-13-24)36(47)42(39)30(27)21-29-33(44)40(25-14-8-11-23(38)19-25)34(45)37(29,32)22-9-4-2-5-10-22/h2-17,19-20,29-30,32,43H,18,21H2,1H3. The zero-order valence-corrected chi connectivity index (χ0v) is 26.4. The molecule has 11 heteroatoms. The van der Waals surface area contributed by atoms with E-state index in [2.05, 4.69) is 0 Å². The summed E-state index contributed by atoms with van der Waals surface area (Å²) in [5.74, 6) is -2.41. The first-order chi connectivity index (χ1) is 23.3. The van der Waals surface area contributed by atoms with E-state index in [-0.39, 0.29) is 18.7 Å². The second-order valence-corrected chi connectivity index (χ2v) is 12.7. The fraction of sp³-hybridized carbons (Fsp3) is 0.189. The highest BCUT2D eigenvalue weighted by Gasteiger charge is 2.69. The Labute approximate surface area is 279 Å². The Hall–Kier alpha value is -5.61. The number of carbonyl (C=O) groups excluding carboxylic acids is 2. The molecule has 3 heterocycles. The van der Waals surface area contributed by atoms with Crippen molar-refractivity contribution in [2.24, 2.45) is 5.92 Å². The molecule has 1 aliphatic carbocycles. The van der Waals surface area contributed by atoms with E-state index in [1.54, 1.807) is 60.7 Å². The zero-order chi connectivity index (χ0) is 33.3. The van der Waals surface area contributed by atoms with Gasteiger partial charge in [0.15, 0.2) is 0 Å². The smallest absolute Gasteiger partial charge is 0.352 e. The third-order valence-corrected chi connectivity index (χ3v) is 10.2. The number of carbonyl (C=O) groups is 2. The Morgan fingerprint density at radius 2 is 1.54 bits per heavy atom. The van der Waals surface area contributed by atoms with Crippen molar-refractivity contribution in [2.75, 3.05) is 12.0 Å². The lowest BCUT2D eigenvalue weighted by Gasteiger charge is -2.49. The quantitative estimate of drug-likeness (QED) is 0.210. The second-order valence-electron chi connectivity index (χ2n) is 12.2. The SMILES string of the molecule is COc1cc(O)ccc1C1C2=CCn3c(=O)n(-c4ccccc4)c(=O)n3C2CC2C(=O)N(c3cccc(Cl)c3)C(=O)C21c1ccccc1. The maximum Gasteiger partial charge on any atom is 0.352 e. The molecule has 2 amide bonds. The molecular weight excluding hydrogens is 632 g/mol. The molecule has 0 radical (unpaired) electrons. The number of amides is 2. The number of rotatable bonds is 5. The average molecular weight is 661 g/mol. The minimum absolute atomic E-state index is 0.0368. The van der Waals surface area contributed by atoms with Crippen LogP contribution in [0.1, 0.15) is 29.5 Å². The lowest BCUT2D eigenvalue weighted by atomic mass is 9.53. The van der Waals surface area contributed by atoms with Crippen LogP contribution in [0, 0.1) is 5.92 Å². The van der Waals surface area contributed by atoms with Crippen molar-refractivity contribution in [1.82, 2.24) is 13.9 Å². The summed E-state index contributed by atoms with van der Waals surface area (Å²) in [6.07, 6.45) is 1.95. The minimum atomic E-state index is -1.48. The number of hydrogen-bond acceptors (Lipinski definition) is 6. The van der Waals surface area contributed by atoms with Gasteiger partial charge in [-0.15, -0.1) is 0 Å². The summed E-state index contributed by atoms with van der Waals surface area (Å²) < 4.78 is 9.76. The number of imide groups is 1. The largest absolute Gasteiger partial charge is 0.508 e. The number of aromatic hydroxyl groups is 1. The van der Waals surface area contributed by atoms with Gasteiger partial charge in [0.2, 0.25) is 11.8 Å². The third-order valence-electron chi connectivity index (χ3n) is 9.97. The molecule has 1 saturated heterocycles. The molecule has 3 aliphatic rings. The summed E-state index contributed by atoms with van der Waals surface area (Å²) in [6, 6.07) is 28.4. The van der Waals surface area contributed by atoms with Crippen LogP contribution in [-0.4, -0.2) is 38.0 Å². The molecule has 4 unspecified atom stereocenters. The van der Waals surface area contributed by atoms with Crippen LogP contribution in [0.4, 0.5) is 5.69 Å². The van der Waals surface area contributed by atoms with Gasteiger partial charge >= 0.3 is 11.4 Å². The summed E-state index contributed by atoms with van der Waals surface area (Å²) in [6.45, 7) is 0.0618. The molecule has 8 rings (SSSR count). The first kappa shape index (κ1) is 29.8. The van der Waals surface area contributed by atoms with Gasteiger partial charge in [-0.1, -0.05) is 78.3 Å². The summed E-state index contributed by atoms with van der Waals surface area (Å²) in [4.78, 5) is 59.3. The van der Waals surface area contributed by atoms with Gasteiger partial charge in [-0.3, -0.25) is 9.59 Å². The number of allylic oxidation sites excluding steroid dienone is 2. The van der Waals surface area contributed by atoms with E-state index in [1.807, 2.05) is 36.4 Å². The summed E-state index contributed by atoms with van der Waals surface area (Å²) in [5, 5.41) is 10.8. The fourth-order valence-electron chi connectivity index (χ4n) is 8.09. The third kappa shape index (κ3) is 4.05. The lowest BCUT2D eigenvalue weighted by Crippen LogP contribution is -2.53. The number of halogens is 1. The Kier molecular flexibility index (Phi) is 6.81. The number of aromatic nitrogens is 3. The Morgan fingerprint density at radius 1 is 0.833 bits per heavy atom. The van der Waals surface area contributed by atoms with E-state index < -0.39 is 46.5 Å². The number of methoxy groups -OCH3 is 1. The van der Waals surface area contributed by atoms with Crippen molar-refractivity contribution in [3.8, 4) is 17.2 Å². The van der Waals surface area contributed by atoms with E-state index in [9.17, 15) is 19.5 Å². The lowest BCUT2D eigenvalue weighted by molar-refractivity contribution is -0.124. The Morgan fingerprint density at radius 3 is 2.25 bits per heavy atom. The van der Waals surface area contributed by atoms with Crippen LogP contribution in [0.25, 0.3) is 5.69 Å². The highest BCUT2D eigenvalue weighted by atomic mass is 35.5. The molecule has 1 saturated carbocycles. The molecule has 0 bridgehead atoms. The van der Waals surface area contributed by atoms with Crippen molar-refractivity contribution in [3.63, 3.8) is 0 Å². The highest BCUT2D eigenvalue weighted by Crippen LogP contribution is 2.63. The normalized spacial score (nSPS) is 22.9. The van der Waals surface area contributed by atoms with Crippen LogP contribution < -0.4 is 21.0 Å². The average Bonchev–Trinajstić information content (AvgIpc) is 3.49. The molecule has 0 spiro atoms. The Balaban J connectivity index is 1.43. The van der Waals surface area contributed by atoms with Gasteiger partial charge in [-0.2, -0.15) is 0 Å². The molecule has 4 atom stereocenters. The summed E-state index contributed by atoms with van der Waals surface area (Å²) >= 11 is 6.37. The molecular formula is C37H29ClN4O6. The topological polar surface area (TPSA) is 116 Å². The molecule has 2 fully saturated rings. The van der Waals surface area contributed by atoms with Gasteiger partial charge in [0.05, 0.1) is 42.4 Å². The maximum absolute atomic E-state index is 15.3. The number of anilines is 1. The van der Waals surface area contributed by atoms with Crippen LogP contribution in [0.5, 0.6) is 11.5 Å². The van der Waals surface area contributed by atoms with Gasteiger partial charge in [-0.25, -0.2) is 28.4 Å². The number of benzene rings is 4. The first-order valence-corrected chi connectivity index (χ1v) is 15.9. The summed E-state index contributed by atoms with van der Waals surface area (Å²) in [7, 11) is 1.47. The number of hydrogen-bond donors (Lipinski definition) is 1. The monoisotopic (exact) mass is 660 g/mol. The molecule has 240 valence electrons. The zero-order valence-electron chi connectivity index (χ0n) is 25.7. The van der Waals surface area contributed by atoms with Crippen molar-refractivity contribution in [1.29, 1.82) is 0 Å². The van der Waals surface area contributed by atoms with Crippen molar-refractivity contribution >= 4 is 29.1 Å². The van der Waals surface area contributed by atoms with Crippen LogP contribution in [0.15, 0.2) is 124 Å². The van der Waals surface area contributed by atoms with Gasteiger partial charge in [-0.05, 0) is 54.0 Å². The first-order valence-electron chi connectivity index (χ1n) is 15.5. The molecule has 10 nitrogen and oxygen atoms in total. The van der Waals surface area contributed by atoms with E-state index in [1.165, 1.54) is 33.5 Å². The molecule has 4 aromatic carbocycles. The van der Waals surface area contributed by atoms with Gasteiger partial charge in [0, 0.05) is 22.6 Å². The molecule has 2 aliphatic heterocycles. The number of phenols is 1. The predicted molar refractivity (Wildman–Crippen MR) is 179 cm³/mol.